The molecule has 1 saturated heterocycles. The maximum atomic E-state index is 12.6. The van der Waals surface area contributed by atoms with Crippen LogP contribution in [0.3, 0.4) is 0 Å². The van der Waals surface area contributed by atoms with Gasteiger partial charge < -0.3 is 14.8 Å². The van der Waals surface area contributed by atoms with E-state index in [9.17, 15) is 4.79 Å². The lowest BCUT2D eigenvalue weighted by molar-refractivity contribution is 0.251. The van der Waals surface area contributed by atoms with Gasteiger partial charge in [0.05, 0.1) is 23.4 Å². The number of hydrogen-bond donors (Lipinski definition) is 2. The van der Waals surface area contributed by atoms with E-state index in [4.69, 9.17) is 4.52 Å². The number of aromatic amines is 1. The van der Waals surface area contributed by atoms with Crippen LogP contribution in [0.1, 0.15) is 36.1 Å². The van der Waals surface area contributed by atoms with E-state index in [0.717, 1.165) is 39.3 Å². The summed E-state index contributed by atoms with van der Waals surface area (Å²) >= 11 is 0. The second-order valence-corrected chi connectivity index (χ2v) is 7.69. The number of urea groups is 1. The Morgan fingerprint density at radius 1 is 1.07 bits per heavy atom. The molecule has 2 fully saturated rings. The number of aromatic nitrogens is 3. The van der Waals surface area contributed by atoms with Crippen LogP contribution in [-0.4, -0.2) is 27.7 Å². The molecule has 2 aromatic carbocycles. The van der Waals surface area contributed by atoms with Crippen molar-refractivity contribution in [1.82, 2.24) is 20.4 Å². The third kappa shape index (κ3) is 2.77. The first kappa shape index (κ1) is 16.4. The molecule has 3 heterocycles. The summed E-state index contributed by atoms with van der Waals surface area (Å²) < 4.78 is 5.47. The molecule has 1 saturated carbocycles. The Hall–Kier alpha value is -3.61. The fourth-order valence-electron chi connectivity index (χ4n) is 4.00. The van der Waals surface area contributed by atoms with E-state index in [1.807, 2.05) is 36.4 Å². The smallest absolute Gasteiger partial charge is 0.322 e. The van der Waals surface area contributed by atoms with Gasteiger partial charge in [-0.05, 0) is 36.6 Å². The van der Waals surface area contributed by atoms with Crippen LogP contribution in [-0.2, 0) is 0 Å². The number of hydrogen-bond acceptors (Lipinski definition) is 4. The molecular formula is C22H19N5O2. The van der Waals surface area contributed by atoms with Crippen molar-refractivity contribution in [3.05, 3.63) is 66.2 Å². The average Bonchev–Trinajstić information content (AvgIpc) is 3.15. The van der Waals surface area contributed by atoms with Gasteiger partial charge in [0.15, 0.2) is 0 Å². The van der Waals surface area contributed by atoms with E-state index in [1.54, 1.807) is 11.2 Å². The molecule has 0 bridgehead atoms. The van der Waals surface area contributed by atoms with Crippen LogP contribution in [0.4, 0.5) is 10.5 Å². The summed E-state index contributed by atoms with van der Waals surface area (Å²) in [6, 6.07) is 15.9. The fourth-order valence-corrected chi connectivity index (χ4v) is 4.00. The molecule has 4 aromatic rings. The maximum Gasteiger partial charge on any atom is 0.322 e. The monoisotopic (exact) mass is 385 g/mol. The topological polar surface area (TPSA) is 87.1 Å². The Labute approximate surface area is 166 Å². The van der Waals surface area contributed by atoms with Crippen LogP contribution in [0.5, 0.6) is 0 Å². The predicted octanol–water partition coefficient (Wildman–Crippen LogP) is 4.37. The van der Waals surface area contributed by atoms with Crippen molar-refractivity contribution in [2.75, 3.05) is 11.4 Å². The molecule has 144 valence electrons. The molecule has 1 aliphatic carbocycles. The molecule has 2 N–H and O–H groups in total. The molecule has 7 heteroatoms. The highest BCUT2D eigenvalue weighted by Gasteiger charge is 2.33. The van der Waals surface area contributed by atoms with Gasteiger partial charge in [0.25, 0.3) is 0 Å². The first-order valence-corrected chi connectivity index (χ1v) is 9.83. The molecule has 6 rings (SSSR count). The van der Waals surface area contributed by atoms with Gasteiger partial charge in [-0.3, -0.25) is 4.90 Å². The Morgan fingerprint density at radius 3 is 2.76 bits per heavy atom. The minimum absolute atomic E-state index is 0.0729. The van der Waals surface area contributed by atoms with Crippen molar-refractivity contribution < 1.29 is 9.32 Å². The lowest BCUT2D eigenvalue weighted by Crippen LogP contribution is -2.29. The SMILES string of the molecule is O=C1NCC(c2ccc(-c3cc(C4CC4)on3)cc2)N1c1ccc2nc[nH]c2c1. The van der Waals surface area contributed by atoms with E-state index in [-0.39, 0.29) is 12.1 Å². The highest BCUT2D eigenvalue weighted by atomic mass is 16.5. The van der Waals surface area contributed by atoms with Gasteiger partial charge in [0, 0.05) is 29.8 Å². The number of H-pyrrole nitrogens is 1. The van der Waals surface area contributed by atoms with Gasteiger partial charge in [-0.15, -0.1) is 0 Å². The first-order valence-electron chi connectivity index (χ1n) is 9.83. The zero-order valence-electron chi connectivity index (χ0n) is 15.6. The third-order valence-electron chi connectivity index (χ3n) is 5.76. The van der Waals surface area contributed by atoms with Crippen molar-refractivity contribution in [1.29, 1.82) is 0 Å². The molecule has 1 unspecified atom stereocenters. The van der Waals surface area contributed by atoms with Crippen molar-refractivity contribution in [3.8, 4) is 11.3 Å². The van der Waals surface area contributed by atoms with E-state index in [2.05, 4.69) is 32.6 Å². The van der Waals surface area contributed by atoms with E-state index in [0.29, 0.717) is 12.5 Å². The van der Waals surface area contributed by atoms with Crippen molar-refractivity contribution in [2.45, 2.75) is 24.8 Å². The average molecular weight is 385 g/mol. The predicted molar refractivity (Wildman–Crippen MR) is 109 cm³/mol. The lowest BCUT2D eigenvalue weighted by Gasteiger charge is -2.23. The highest BCUT2D eigenvalue weighted by molar-refractivity contribution is 5.97. The molecule has 0 spiro atoms. The van der Waals surface area contributed by atoms with Crippen LogP contribution >= 0.6 is 0 Å². The van der Waals surface area contributed by atoms with Crippen LogP contribution in [0, 0.1) is 0 Å². The van der Waals surface area contributed by atoms with Gasteiger partial charge in [-0.1, -0.05) is 29.4 Å². The Morgan fingerprint density at radius 2 is 1.93 bits per heavy atom. The number of anilines is 1. The molecule has 2 aromatic heterocycles. The zero-order chi connectivity index (χ0) is 19.4. The largest absolute Gasteiger partial charge is 0.360 e. The van der Waals surface area contributed by atoms with Crippen molar-refractivity contribution in [3.63, 3.8) is 0 Å². The van der Waals surface area contributed by atoms with Gasteiger partial charge in [-0.2, -0.15) is 0 Å². The number of fused-ring (bicyclic) bond motifs is 1. The molecule has 1 aliphatic heterocycles. The Kier molecular flexibility index (Phi) is 3.50. The summed E-state index contributed by atoms with van der Waals surface area (Å²) in [5, 5.41) is 7.17. The standard InChI is InChI=1S/C22H19N5O2/c28-22-23-11-20(27(22)16-7-8-17-19(9-16)25-12-24-17)14-3-1-13(2-4-14)18-10-21(29-26-18)15-5-6-15/h1-4,7-10,12,15,20H,5-6,11H2,(H,23,28)(H,24,25). The third-order valence-corrected chi connectivity index (χ3v) is 5.76. The Bertz CT molecular complexity index is 1210. The summed E-state index contributed by atoms with van der Waals surface area (Å²) in [5.74, 6) is 1.53. The molecule has 29 heavy (non-hydrogen) atoms. The molecule has 1 atom stereocenters. The number of imidazole rings is 1. The number of nitrogens with zero attached hydrogens (tertiary/aromatic N) is 3. The Balaban J connectivity index is 1.30. The summed E-state index contributed by atoms with van der Waals surface area (Å²) in [7, 11) is 0. The number of benzene rings is 2. The maximum absolute atomic E-state index is 12.6. The number of amides is 2. The lowest BCUT2D eigenvalue weighted by atomic mass is 10.0. The van der Waals surface area contributed by atoms with Crippen LogP contribution < -0.4 is 10.2 Å². The highest BCUT2D eigenvalue weighted by Crippen LogP contribution is 2.41. The molecule has 2 aliphatic rings. The summed E-state index contributed by atoms with van der Waals surface area (Å²) in [5.41, 5.74) is 5.59. The van der Waals surface area contributed by atoms with Crippen LogP contribution in [0.25, 0.3) is 22.3 Å². The number of nitrogens with one attached hydrogen (secondary N) is 2. The zero-order valence-corrected chi connectivity index (χ0v) is 15.6. The van der Waals surface area contributed by atoms with E-state index >= 15 is 0 Å². The summed E-state index contributed by atoms with van der Waals surface area (Å²) in [6.07, 6.45) is 4.04. The van der Waals surface area contributed by atoms with Gasteiger partial charge in [0.2, 0.25) is 0 Å². The van der Waals surface area contributed by atoms with E-state index < -0.39 is 0 Å². The minimum Gasteiger partial charge on any atom is -0.360 e. The molecule has 0 radical (unpaired) electrons. The van der Waals surface area contributed by atoms with Crippen LogP contribution in [0.15, 0.2) is 59.4 Å². The van der Waals surface area contributed by atoms with Crippen molar-refractivity contribution in [2.24, 2.45) is 0 Å². The van der Waals surface area contributed by atoms with Gasteiger partial charge in [0.1, 0.15) is 11.5 Å². The number of rotatable bonds is 4. The van der Waals surface area contributed by atoms with Gasteiger partial charge in [-0.25, -0.2) is 9.78 Å². The first-order chi connectivity index (χ1) is 14.3. The van der Waals surface area contributed by atoms with Gasteiger partial charge >= 0.3 is 6.03 Å². The fraction of sp³-hybridized carbons (Fsp3) is 0.227. The molecular weight excluding hydrogens is 366 g/mol. The second kappa shape index (κ2) is 6.20. The molecule has 2 amide bonds. The summed E-state index contributed by atoms with van der Waals surface area (Å²) in [4.78, 5) is 21.7. The van der Waals surface area contributed by atoms with E-state index in [1.165, 1.54) is 12.8 Å². The van der Waals surface area contributed by atoms with Crippen LogP contribution in [0.2, 0.25) is 0 Å². The minimum atomic E-state index is -0.0940. The van der Waals surface area contributed by atoms with Crippen molar-refractivity contribution >= 4 is 22.8 Å². The normalized spacial score (nSPS) is 19.1. The number of carbonyl (C=O) groups excluding carboxylic acids is 1. The number of carbonyl (C=O) groups is 1. The summed E-state index contributed by atoms with van der Waals surface area (Å²) in [6.45, 7) is 0.564. The second-order valence-electron chi connectivity index (χ2n) is 7.69. The quantitative estimate of drug-likeness (QED) is 0.546. The molecule has 7 nitrogen and oxygen atoms in total.